The average molecular weight is 418 g/mol. The molecule has 0 aliphatic carbocycles. The van der Waals surface area contributed by atoms with Gasteiger partial charge in [-0.2, -0.15) is 0 Å². The summed E-state index contributed by atoms with van der Waals surface area (Å²) < 4.78 is 28.5. The van der Waals surface area contributed by atoms with Crippen LogP contribution in [0.2, 0.25) is 0 Å². The molecule has 9 nitrogen and oxygen atoms in total. The van der Waals surface area contributed by atoms with E-state index in [0.29, 0.717) is 17.9 Å². The lowest BCUT2D eigenvalue weighted by Crippen LogP contribution is -2.38. The van der Waals surface area contributed by atoms with Gasteiger partial charge in [0, 0.05) is 25.2 Å². The summed E-state index contributed by atoms with van der Waals surface area (Å²) >= 11 is 0. The van der Waals surface area contributed by atoms with E-state index in [2.05, 4.69) is 20.9 Å². The van der Waals surface area contributed by atoms with Crippen molar-refractivity contribution in [1.82, 2.24) is 15.6 Å². The topological polar surface area (TPSA) is 126 Å². The summed E-state index contributed by atoms with van der Waals surface area (Å²) in [6.07, 6.45) is 2.02. The van der Waals surface area contributed by atoms with E-state index < -0.39 is 15.9 Å². The van der Waals surface area contributed by atoms with Crippen molar-refractivity contribution >= 4 is 27.5 Å². The molecule has 1 saturated heterocycles. The Bertz CT molecular complexity index is 966. The number of carbonyl (C=O) groups is 2. The number of nitrogens with one attached hydrogen (secondary N) is 3. The summed E-state index contributed by atoms with van der Waals surface area (Å²) in [5, 5.41) is 7.90. The number of ether oxygens (including phenoxy) is 1. The summed E-state index contributed by atoms with van der Waals surface area (Å²) in [6.45, 7) is 0.103. The molecule has 1 fully saturated rings. The first-order valence-corrected chi connectivity index (χ1v) is 11.0. The van der Waals surface area contributed by atoms with Crippen molar-refractivity contribution < 1.29 is 22.7 Å². The fourth-order valence-electron chi connectivity index (χ4n) is 2.83. The molecular formula is C19H22N4O5S. The van der Waals surface area contributed by atoms with E-state index in [-0.39, 0.29) is 42.3 Å². The van der Waals surface area contributed by atoms with Gasteiger partial charge in [-0.05, 0) is 30.7 Å². The molecule has 154 valence electrons. The number of amides is 3. The van der Waals surface area contributed by atoms with Gasteiger partial charge in [-0.15, -0.1) is 0 Å². The molecule has 0 saturated carbocycles. The van der Waals surface area contributed by atoms with Crippen LogP contribution in [-0.2, 0) is 14.6 Å². The minimum atomic E-state index is -3.05. The molecule has 3 rings (SSSR count). The van der Waals surface area contributed by atoms with Gasteiger partial charge in [-0.25, -0.2) is 18.2 Å². The summed E-state index contributed by atoms with van der Waals surface area (Å²) in [5.41, 5.74) is 0.384. The standard InChI is InChI=1S/C19H22N4O5S/c24-17(22-14-9-12-29(26,27)13-14)8-11-21-19(25)23-16-7-4-10-20-18(16)28-15-5-2-1-3-6-15/h1-7,10,14H,8-9,11-13H2,(H,22,24)(H2,21,23,25). The molecule has 3 N–H and O–H groups in total. The Labute approximate surface area is 168 Å². The minimum absolute atomic E-state index is 0.0299. The van der Waals surface area contributed by atoms with Crippen LogP contribution in [-0.4, -0.2) is 49.4 Å². The van der Waals surface area contributed by atoms with Gasteiger partial charge >= 0.3 is 6.03 Å². The van der Waals surface area contributed by atoms with E-state index in [4.69, 9.17) is 4.74 Å². The molecule has 0 bridgehead atoms. The number of rotatable bonds is 7. The Kier molecular flexibility index (Phi) is 6.65. The predicted octanol–water partition coefficient (Wildman–Crippen LogP) is 1.69. The molecule has 1 atom stereocenters. The first kappa shape index (κ1) is 20.6. The van der Waals surface area contributed by atoms with Crippen molar-refractivity contribution in [3.8, 4) is 11.6 Å². The van der Waals surface area contributed by atoms with Crippen LogP contribution in [0.4, 0.5) is 10.5 Å². The first-order valence-electron chi connectivity index (χ1n) is 9.14. The number of para-hydroxylation sites is 1. The van der Waals surface area contributed by atoms with Crippen molar-refractivity contribution in [2.75, 3.05) is 23.4 Å². The molecule has 1 aromatic heterocycles. The zero-order valence-electron chi connectivity index (χ0n) is 15.6. The normalized spacial score (nSPS) is 17.3. The maximum atomic E-state index is 12.1. The van der Waals surface area contributed by atoms with E-state index in [1.165, 1.54) is 0 Å². The van der Waals surface area contributed by atoms with Crippen LogP contribution in [0.3, 0.4) is 0 Å². The molecule has 2 heterocycles. The van der Waals surface area contributed by atoms with E-state index >= 15 is 0 Å². The quantitative estimate of drug-likeness (QED) is 0.628. The predicted molar refractivity (Wildman–Crippen MR) is 108 cm³/mol. The zero-order valence-corrected chi connectivity index (χ0v) is 16.4. The molecule has 0 radical (unpaired) electrons. The summed E-state index contributed by atoms with van der Waals surface area (Å²) in [6, 6.07) is 11.5. The summed E-state index contributed by atoms with van der Waals surface area (Å²) in [4.78, 5) is 28.1. The van der Waals surface area contributed by atoms with Crippen molar-refractivity contribution in [1.29, 1.82) is 0 Å². The Morgan fingerprint density at radius 2 is 1.93 bits per heavy atom. The number of pyridine rings is 1. The second kappa shape index (κ2) is 9.37. The Morgan fingerprint density at radius 1 is 1.14 bits per heavy atom. The lowest BCUT2D eigenvalue weighted by Gasteiger charge is -2.13. The lowest BCUT2D eigenvalue weighted by molar-refractivity contribution is -0.121. The smallest absolute Gasteiger partial charge is 0.319 e. The van der Waals surface area contributed by atoms with E-state index in [9.17, 15) is 18.0 Å². The third-order valence-corrected chi connectivity index (χ3v) is 5.98. The van der Waals surface area contributed by atoms with E-state index in [1.54, 1.807) is 30.5 Å². The van der Waals surface area contributed by atoms with Crippen molar-refractivity contribution in [2.45, 2.75) is 18.9 Å². The van der Waals surface area contributed by atoms with Gasteiger partial charge in [0.05, 0.1) is 11.5 Å². The van der Waals surface area contributed by atoms with Gasteiger partial charge in [0.25, 0.3) is 0 Å². The number of aromatic nitrogens is 1. The third kappa shape index (κ3) is 6.46. The van der Waals surface area contributed by atoms with Crippen LogP contribution in [0.25, 0.3) is 0 Å². The molecule has 29 heavy (non-hydrogen) atoms. The maximum absolute atomic E-state index is 12.1. The highest BCUT2D eigenvalue weighted by Crippen LogP contribution is 2.26. The van der Waals surface area contributed by atoms with Crippen LogP contribution in [0.5, 0.6) is 11.6 Å². The number of nitrogens with zero attached hydrogens (tertiary/aromatic N) is 1. The number of sulfone groups is 1. The summed E-state index contributed by atoms with van der Waals surface area (Å²) in [7, 11) is -3.05. The molecule has 1 aliphatic rings. The fraction of sp³-hybridized carbons (Fsp3) is 0.316. The van der Waals surface area contributed by atoms with E-state index in [1.807, 2.05) is 18.2 Å². The minimum Gasteiger partial charge on any atom is -0.437 e. The van der Waals surface area contributed by atoms with Gasteiger partial charge in [-0.3, -0.25) is 4.79 Å². The number of hydrogen-bond donors (Lipinski definition) is 3. The highest BCUT2D eigenvalue weighted by Gasteiger charge is 2.28. The maximum Gasteiger partial charge on any atom is 0.319 e. The third-order valence-electron chi connectivity index (χ3n) is 4.21. The second-order valence-electron chi connectivity index (χ2n) is 6.57. The van der Waals surface area contributed by atoms with Crippen LogP contribution in [0.15, 0.2) is 48.7 Å². The highest BCUT2D eigenvalue weighted by molar-refractivity contribution is 7.91. The molecule has 0 spiro atoms. The highest BCUT2D eigenvalue weighted by atomic mass is 32.2. The molecule has 2 aromatic rings. The average Bonchev–Trinajstić information content (AvgIpc) is 3.02. The van der Waals surface area contributed by atoms with E-state index in [0.717, 1.165) is 0 Å². The Balaban J connectivity index is 1.44. The van der Waals surface area contributed by atoms with Crippen LogP contribution < -0.4 is 20.7 Å². The van der Waals surface area contributed by atoms with Crippen molar-refractivity contribution in [3.05, 3.63) is 48.7 Å². The Hall–Kier alpha value is -3.14. The fourth-order valence-corrected chi connectivity index (χ4v) is 4.51. The molecule has 1 unspecified atom stereocenters. The monoisotopic (exact) mass is 418 g/mol. The van der Waals surface area contributed by atoms with Gasteiger partial charge in [0.2, 0.25) is 11.8 Å². The summed E-state index contributed by atoms with van der Waals surface area (Å²) in [5.74, 6) is 0.589. The van der Waals surface area contributed by atoms with Gasteiger partial charge in [0.15, 0.2) is 9.84 Å². The van der Waals surface area contributed by atoms with Gasteiger partial charge < -0.3 is 20.7 Å². The van der Waals surface area contributed by atoms with Gasteiger partial charge in [-0.1, -0.05) is 18.2 Å². The van der Waals surface area contributed by atoms with Gasteiger partial charge in [0.1, 0.15) is 11.4 Å². The number of benzene rings is 1. The molecule has 3 amide bonds. The lowest BCUT2D eigenvalue weighted by atomic mass is 10.2. The van der Waals surface area contributed by atoms with Crippen molar-refractivity contribution in [2.24, 2.45) is 0 Å². The second-order valence-corrected chi connectivity index (χ2v) is 8.80. The molecular weight excluding hydrogens is 396 g/mol. The number of urea groups is 1. The largest absolute Gasteiger partial charge is 0.437 e. The molecule has 1 aliphatic heterocycles. The van der Waals surface area contributed by atoms with Crippen LogP contribution in [0.1, 0.15) is 12.8 Å². The van der Waals surface area contributed by atoms with Crippen LogP contribution >= 0.6 is 0 Å². The SMILES string of the molecule is O=C(CCNC(=O)Nc1cccnc1Oc1ccccc1)NC1CCS(=O)(=O)C1. The number of anilines is 1. The molecule has 10 heteroatoms. The zero-order chi connectivity index (χ0) is 20.7. The number of carbonyl (C=O) groups excluding carboxylic acids is 2. The molecule has 1 aromatic carbocycles. The van der Waals surface area contributed by atoms with Crippen LogP contribution in [0, 0.1) is 0 Å². The number of hydrogen-bond acceptors (Lipinski definition) is 6. The van der Waals surface area contributed by atoms with Crippen molar-refractivity contribution in [3.63, 3.8) is 0 Å². The first-order chi connectivity index (χ1) is 13.9. The Morgan fingerprint density at radius 3 is 2.66 bits per heavy atom.